The Labute approximate surface area is 139 Å². The first-order valence-corrected chi connectivity index (χ1v) is 7.59. The lowest BCUT2D eigenvalue weighted by atomic mass is 10.00. The van der Waals surface area contributed by atoms with Crippen LogP contribution in [0.25, 0.3) is 0 Å². The van der Waals surface area contributed by atoms with Gasteiger partial charge < -0.3 is 14.6 Å². The molecule has 0 bridgehead atoms. The maximum Gasteiger partial charge on any atom is 0.506 e. The molecule has 1 amide bonds. The van der Waals surface area contributed by atoms with E-state index >= 15 is 0 Å². The molecule has 1 aliphatic rings. The van der Waals surface area contributed by atoms with Crippen molar-refractivity contribution in [2.75, 3.05) is 11.4 Å². The van der Waals surface area contributed by atoms with Crippen molar-refractivity contribution in [1.82, 2.24) is 0 Å². The number of hydrogen-bond donors (Lipinski definition) is 1. The number of amides is 1. The number of para-hydroxylation sites is 1. The zero-order valence-corrected chi connectivity index (χ0v) is 12.9. The number of ether oxygens (including phenoxy) is 2. The van der Waals surface area contributed by atoms with Gasteiger partial charge in [-0.1, -0.05) is 48.5 Å². The quantitative estimate of drug-likeness (QED) is 0.874. The van der Waals surface area contributed by atoms with Crippen molar-refractivity contribution in [1.29, 1.82) is 0 Å². The van der Waals surface area contributed by atoms with Crippen LogP contribution < -0.4 is 4.90 Å². The summed E-state index contributed by atoms with van der Waals surface area (Å²) in [7, 11) is 0. The number of carbonyl (C=O) groups excluding carboxylic acids is 1. The smallest absolute Gasteiger partial charge is 0.450 e. The molecule has 2 aromatic carbocycles. The van der Waals surface area contributed by atoms with Crippen LogP contribution in [0.2, 0.25) is 0 Å². The van der Waals surface area contributed by atoms with E-state index in [2.05, 4.69) is 0 Å². The van der Waals surface area contributed by atoms with Crippen molar-refractivity contribution in [2.45, 2.75) is 19.1 Å². The van der Waals surface area contributed by atoms with Gasteiger partial charge >= 0.3 is 12.2 Å². The van der Waals surface area contributed by atoms with Crippen LogP contribution in [0.3, 0.4) is 0 Å². The van der Waals surface area contributed by atoms with E-state index in [1.54, 1.807) is 0 Å². The topological polar surface area (TPSA) is 76.1 Å². The first-order chi connectivity index (χ1) is 11.6. The number of nitrogens with zero attached hydrogens (tertiary/aromatic N) is 1. The molecule has 0 aromatic heterocycles. The average molecular weight is 327 g/mol. The maximum atomic E-state index is 12.5. The Bertz CT molecular complexity index is 731. The molecule has 0 saturated carbocycles. The minimum atomic E-state index is -1.35. The highest BCUT2D eigenvalue weighted by Gasteiger charge is 2.31. The summed E-state index contributed by atoms with van der Waals surface area (Å²) in [5.41, 5.74) is 2.46. The summed E-state index contributed by atoms with van der Waals surface area (Å²) < 4.78 is 10.2. The highest BCUT2D eigenvalue weighted by atomic mass is 16.7. The molecule has 24 heavy (non-hydrogen) atoms. The van der Waals surface area contributed by atoms with Crippen LogP contribution in [0.4, 0.5) is 15.3 Å². The van der Waals surface area contributed by atoms with Gasteiger partial charge in [-0.05, 0) is 17.2 Å². The molecule has 124 valence electrons. The molecule has 0 spiro atoms. The highest BCUT2D eigenvalue weighted by molar-refractivity contribution is 5.89. The molecule has 1 aliphatic heterocycles. The third-order valence-electron chi connectivity index (χ3n) is 3.81. The van der Waals surface area contributed by atoms with Gasteiger partial charge in [0.1, 0.15) is 12.7 Å². The van der Waals surface area contributed by atoms with Crippen molar-refractivity contribution in [3.05, 3.63) is 65.7 Å². The van der Waals surface area contributed by atoms with Gasteiger partial charge in [0.05, 0.1) is 12.2 Å². The SMILES string of the molecule is O=C(O)O[C@@H]1Cc2ccccc2N(C(=O)OCc2ccccc2)C1. The second-order valence-corrected chi connectivity index (χ2v) is 5.49. The van der Waals surface area contributed by atoms with Crippen molar-refractivity contribution >= 4 is 17.9 Å². The summed E-state index contributed by atoms with van der Waals surface area (Å²) in [6.45, 7) is 0.291. The Balaban J connectivity index is 1.74. The van der Waals surface area contributed by atoms with Crippen molar-refractivity contribution < 1.29 is 24.2 Å². The van der Waals surface area contributed by atoms with E-state index in [-0.39, 0.29) is 13.2 Å². The van der Waals surface area contributed by atoms with E-state index < -0.39 is 18.4 Å². The number of carboxylic acid groups (broad SMARTS) is 1. The molecular formula is C18H17NO5. The summed E-state index contributed by atoms with van der Waals surface area (Å²) in [6, 6.07) is 16.7. The fraction of sp³-hybridized carbons (Fsp3) is 0.222. The third-order valence-corrected chi connectivity index (χ3v) is 3.81. The summed E-state index contributed by atoms with van der Waals surface area (Å²) in [5, 5.41) is 8.83. The second kappa shape index (κ2) is 7.04. The number of rotatable bonds is 3. The van der Waals surface area contributed by atoms with E-state index in [9.17, 15) is 9.59 Å². The molecule has 3 rings (SSSR count). The first kappa shape index (κ1) is 15.9. The second-order valence-electron chi connectivity index (χ2n) is 5.49. The van der Waals surface area contributed by atoms with Crippen LogP contribution in [0.1, 0.15) is 11.1 Å². The van der Waals surface area contributed by atoms with Crippen LogP contribution in [0.15, 0.2) is 54.6 Å². The number of anilines is 1. The summed E-state index contributed by atoms with van der Waals surface area (Å²) in [5.74, 6) is 0. The summed E-state index contributed by atoms with van der Waals surface area (Å²) in [4.78, 5) is 24.7. The van der Waals surface area contributed by atoms with Gasteiger partial charge in [-0.2, -0.15) is 0 Å². The monoisotopic (exact) mass is 327 g/mol. The van der Waals surface area contributed by atoms with Gasteiger partial charge in [0.15, 0.2) is 0 Å². The maximum absolute atomic E-state index is 12.5. The molecule has 0 saturated heterocycles. The third kappa shape index (κ3) is 3.65. The molecule has 1 N–H and O–H groups in total. The molecule has 1 heterocycles. The van der Waals surface area contributed by atoms with E-state index in [1.165, 1.54) is 4.90 Å². The lowest BCUT2D eigenvalue weighted by molar-refractivity contribution is 0.0516. The van der Waals surface area contributed by atoms with Gasteiger partial charge in [0.25, 0.3) is 0 Å². The van der Waals surface area contributed by atoms with Gasteiger partial charge in [0.2, 0.25) is 0 Å². The fourth-order valence-electron chi connectivity index (χ4n) is 2.75. The predicted octanol–water partition coefficient (Wildman–Crippen LogP) is 3.45. The van der Waals surface area contributed by atoms with Crippen LogP contribution in [0.5, 0.6) is 0 Å². The summed E-state index contributed by atoms with van der Waals surface area (Å²) in [6.07, 6.45) is -2.05. The summed E-state index contributed by atoms with van der Waals surface area (Å²) >= 11 is 0. The number of hydrogen-bond acceptors (Lipinski definition) is 4. The lowest BCUT2D eigenvalue weighted by Crippen LogP contribution is -2.44. The molecule has 1 atom stereocenters. The van der Waals surface area contributed by atoms with E-state index in [0.29, 0.717) is 6.42 Å². The van der Waals surface area contributed by atoms with Crippen molar-refractivity contribution in [3.8, 4) is 0 Å². The normalized spacial score (nSPS) is 16.2. The molecule has 0 radical (unpaired) electrons. The Morgan fingerprint density at radius 1 is 1.08 bits per heavy atom. The number of fused-ring (bicyclic) bond motifs is 1. The average Bonchev–Trinajstić information content (AvgIpc) is 2.59. The Hall–Kier alpha value is -3.02. The zero-order valence-electron chi connectivity index (χ0n) is 12.9. The van der Waals surface area contributed by atoms with Crippen LogP contribution in [-0.4, -0.2) is 30.0 Å². The Kier molecular flexibility index (Phi) is 4.65. The number of benzene rings is 2. The van der Waals surface area contributed by atoms with Crippen molar-refractivity contribution in [2.24, 2.45) is 0 Å². The predicted molar refractivity (Wildman–Crippen MR) is 87.0 cm³/mol. The Morgan fingerprint density at radius 2 is 1.79 bits per heavy atom. The van der Waals surface area contributed by atoms with E-state index in [4.69, 9.17) is 14.6 Å². The zero-order chi connectivity index (χ0) is 16.9. The molecule has 2 aromatic rings. The lowest BCUT2D eigenvalue weighted by Gasteiger charge is -2.32. The largest absolute Gasteiger partial charge is 0.506 e. The fourth-order valence-corrected chi connectivity index (χ4v) is 2.75. The number of carbonyl (C=O) groups is 2. The van der Waals surface area contributed by atoms with Gasteiger partial charge in [-0.15, -0.1) is 0 Å². The van der Waals surface area contributed by atoms with Crippen molar-refractivity contribution in [3.63, 3.8) is 0 Å². The van der Waals surface area contributed by atoms with Crippen LogP contribution >= 0.6 is 0 Å². The molecule has 0 fully saturated rings. The van der Waals surface area contributed by atoms with Gasteiger partial charge in [-0.25, -0.2) is 9.59 Å². The molecule has 6 nitrogen and oxygen atoms in total. The van der Waals surface area contributed by atoms with E-state index in [0.717, 1.165) is 16.8 Å². The molecule has 6 heteroatoms. The van der Waals surface area contributed by atoms with E-state index in [1.807, 2.05) is 54.6 Å². The Morgan fingerprint density at radius 3 is 2.54 bits per heavy atom. The first-order valence-electron chi connectivity index (χ1n) is 7.59. The molecule has 0 aliphatic carbocycles. The van der Waals surface area contributed by atoms with Crippen LogP contribution in [-0.2, 0) is 22.5 Å². The van der Waals surface area contributed by atoms with Gasteiger partial charge in [-0.3, -0.25) is 4.90 Å². The standard InChI is InChI=1S/C18H17NO5/c20-17(23-12-13-6-2-1-3-7-13)19-11-15(24-18(21)22)10-14-8-4-5-9-16(14)19/h1-9,15H,10-12H2,(H,21,22)/t15-/m1/s1. The minimum Gasteiger partial charge on any atom is -0.450 e. The molecular weight excluding hydrogens is 310 g/mol. The van der Waals surface area contributed by atoms with Crippen LogP contribution in [0, 0.1) is 0 Å². The highest BCUT2D eigenvalue weighted by Crippen LogP contribution is 2.28. The minimum absolute atomic E-state index is 0.136. The molecule has 0 unspecified atom stereocenters. The van der Waals surface area contributed by atoms with Gasteiger partial charge in [0, 0.05) is 6.42 Å².